The number of Topliss-reactive ketones (excluding diaryl/α,β-unsaturated/α-hetero) is 1. The third kappa shape index (κ3) is 1.91. The Kier molecular flexibility index (Phi) is 3.05. The van der Waals surface area contributed by atoms with E-state index < -0.39 is 12.1 Å². The second kappa shape index (κ2) is 4.63. The summed E-state index contributed by atoms with van der Waals surface area (Å²) in [6.45, 7) is 3.56. The van der Waals surface area contributed by atoms with Gasteiger partial charge in [-0.3, -0.25) is 4.79 Å². The summed E-state index contributed by atoms with van der Waals surface area (Å²) < 4.78 is 10.8. The molecule has 0 fully saturated rings. The van der Waals surface area contributed by atoms with Gasteiger partial charge in [-0.1, -0.05) is 30.7 Å². The smallest absolute Gasteiger partial charge is 0.375 e. The first-order valence-electron chi connectivity index (χ1n) is 6.40. The molecule has 2 aliphatic rings. The van der Waals surface area contributed by atoms with Crippen LogP contribution >= 0.6 is 11.6 Å². The van der Waals surface area contributed by atoms with Crippen LogP contribution in [0.25, 0.3) is 0 Å². The Morgan fingerprint density at radius 1 is 1.05 bits per heavy atom. The monoisotopic (exact) mass is 292 g/mol. The fraction of sp³-hybridized carbons (Fsp3) is 0.333. The molecule has 0 saturated carbocycles. The molecule has 0 aliphatic carbocycles. The maximum absolute atomic E-state index is 12.4. The van der Waals surface area contributed by atoms with Crippen molar-refractivity contribution in [1.82, 2.24) is 0 Å². The summed E-state index contributed by atoms with van der Waals surface area (Å²) in [5.41, 5.74) is 1.04. The summed E-state index contributed by atoms with van der Waals surface area (Å²) in [6.07, 6.45) is -1.02. The Hall–Kier alpha value is -1.81. The van der Waals surface area contributed by atoms with Crippen LogP contribution < -0.4 is 0 Å². The summed E-state index contributed by atoms with van der Waals surface area (Å²) in [5, 5.41) is 0.584. The van der Waals surface area contributed by atoms with E-state index in [4.69, 9.17) is 21.1 Å². The van der Waals surface area contributed by atoms with E-state index in [0.29, 0.717) is 16.2 Å². The molecule has 0 spiro atoms. The standard InChI is InChI=1S/C15H13ClO4/c1-7-8(2)19-14-11(12(7)17)13(20-15(14)18)9-3-5-10(16)6-4-9/h3-8,13H,1-2H3/t7-,8+,13+/m1/s1. The lowest BCUT2D eigenvalue weighted by Gasteiger charge is -2.26. The molecule has 3 rings (SSSR count). The van der Waals surface area contributed by atoms with Gasteiger partial charge in [-0.05, 0) is 24.6 Å². The van der Waals surface area contributed by atoms with Crippen LogP contribution in [0.3, 0.4) is 0 Å². The third-order valence-corrected chi connectivity index (χ3v) is 4.03. The topological polar surface area (TPSA) is 52.6 Å². The van der Waals surface area contributed by atoms with Crippen LogP contribution in [0.15, 0.2) is 35.6 Å². The highest BCUT2D eigenvalue weighted by atomic mass is 35.5. The number of hydrogen-bond donors (Lipinski definition) is 0. The molecule has 0 aromatic heterocycles. The fourth-order valence-electron chi connectivity index (χ4n) is 2.42. The van der Waals surface area contributed by atoms with Gasteiger partial charge >= 0.3 is 5.97 Å². The van der Waals surface area contributed by atoms with E-state index in [9.17, 15) is 9.59 Å². The minimum absolute atomic E-state index is 0.0561. The first-order chi connectivity index (χ1) is 9.49. The van der Waals surface area contributed by atoms with Crippen molar-refractivity contribution in [3.8, 4) is 0 Å². The van der Waals surface area contributed by atoms with E-state index in [1.807, 2.05) is 0 Å². The molecule has 1 aromatic carbocycles. The minimum Gasteiger partial charge on any atom is -0.482 e. The number of ketones is 1. The zero-order chi connectivity index (χ0) is 14.4. The summed E-state index contributed by atoms with van der Waals surface area (Å²) >= 11 is 5.84. The van der Waals surface area contributed by atoms with Gasteiger partial charge in [0.25, 0.3) is 0 Å². The van der Waals surface area contributed by atoms with E-state index in [2.05, 4.69) is 0 Å². The van der Waals surface area contributed by atoms with Crippen molar-refractivity contribution in [3.05, 3.63) is 46.2 Å². The predicted octanol–water partition coefficient (Wildman–Crippen LogP) is 2.82. The average molecular weight is 293 g/mol. The number of benzene rings is 1. The van der Waals surface area contributed by atoms with Crippen molar-refractivity contribution in [3.63, 3.8) is 0 Å². The molecular weight excluding hydrogens is 280 g/mol. The van der Waals surface area contributed by atoms with E-state index in [1.54, 1.807) is 38.1 Å². The van der Waals surface area contributed by atoms with E-state index >= 15 is 0 Å². The van der Waals surface area contributed by atoms with Gasteiger partial charge in [0.2, 0.25) is 5.76 Å². The number of hydrogen-bond acceptors (Lipinski definition) is 4. The van der Waals surface area contributed by atoms with Crippen LogP contribution in [0.4, 0.5) is 0 Å². The summed E-state index contributed by atoms with van der Waals surface area (Å²) in [6, 6.07) is 6.88. The molecule has 0 bridgehead atoms. The van der Waals surface area contributed by atoms with Crippen molar-refractivity contribution >= 4 is 23.4 Å². The number of carbonyl (C=O) groups is 2. The zero-order valence-electron chi connectivity index (χ0n) is 11.1. The van der Waals surface area contributed by atoms with Gasteiger partial charge in [-0.25, -0.2) is 4.79 Å². The number of halogens is 1. The summed E-state index contributed by atoms with van der Waals surface area (Å²) in [5.74, 6) is -0.907. The Morgan fingerprint density at radius 3 is 2.35 bits per heavy atom. The molecule has 0 unspecified atom stereocenters. The highest BCUT2D eigenvalue weighted by Gasteiger charge is 2.47. The fourth-order valence-corrected chi connectivity index (χ4v) is 2.55. The normalized spacial score (nSPS) is 29.1. The number of cyclic esters (lactones) is 1. The Balaban J connectivity index is 2.05. The lowest BCUT2D eigenvalue weighted by molar-refractivity contribution is -0.144. The van der Waals surface area contributed by atoms with Gasteiger partial charge in [-0.15, -0.1) is 0 Å². The molecule has 0 N–H and O–H groups in total. The molecule has 0 amide bonds. The average Bonchev–Trinajstić information content (AvgIpc) is 2.74. The van der Waals surface area contributed by atoms with Gasteiger partial charge in [0.15, 0.2) is 11.9 Å². The number of rotatable bonds is 1. The van der Waals surface area contributed by atoms with Crippen molar-refractivity contribution in [2.45, 2.75) is 26.1 Å². The van der Waals surface area contributed by atoms with Gasteiger partial charge < -0.3 is 9.47 Å². The van der Waals surface area contributed by atoms with E-state index in [1.165, 1.54) is 0 Å². The first kappa shape index (κ1) is 13.2. The van der Waals surface area contributed by atoms with E-state index in [-0.39, 0.29) is 23.6 Å². The third-order valence-electron chi connectivity index (χ3n) is 3.78. The van der Waals surface area contributed by atoms with Crippen molar-refractivity contribution < 1.29 is 19.1 Å². The number of esters is 1. The zero-order valence-corrected chi connectivity index (χ0v) is 11.8. The van der Waals surface area contributed by atoms with Crippen molar-refractivity contribution in [2.75, 3.05) is 0 Å². The van der Waals surface area contributed by atoms with Crippen LogP contribution in [0.5, 0.6) is 0 Å². The Bertz CT molecular complexity index is 617. The summed E-state index contributed by atoms with van der Waals surface area (Å²) in [7, 11) is 0. The molecule has 0 saturated heterocycles. The number of carbonyl (C=O) groups excluding carboxylic acids is 2. The van der Waals surface area contributed by atoms with Crippen LogP contribution in [-0.4, -0.2) is 17.9 Å². The predicted molar refractivity (Wildman–Crippen MR) is 72.0 cm³/mol. The largest absolute Gasteiger partial charge is 0.482 e. The highest BCUT2D eigenvalue weighted by Crippen LogP contribution is 2.41. The molecule has 20 heavy (non-hydrogen) atoms. The second-order valence-corrected chi connectivity index (χ2v) is 5.49. The molecule has 3 atom stereocenters. The molecule has 1 aromatic rings. The molecule has 4 nitrogen and oxygen atoms in total. The lowest BCUT2D eigenvalue weighted by Crippen LogP contribution is -2.33. The van der Waals surface area contributed by atoms with Crippen molar-refractivity contribution in [2.24, 2.45) is 5.92 Å². The molecule has 2 heterocycles. The van der Waals surface area contributed by atoms with Crippen LogP contribution in [0.1, 0.15) is 25.5 Å². The molecule has 5 heteroatoms. The summed E-state index contributed by atoms with van der Waals surface area (Å²) in [4.78, 5) is 24.3. The van der Waals surface area contributed by atoms with Crippen LogP contribution in [0.2, 0.25) is 5.02 Å². The van der Waals surface area contributed by atoms with Gasteiger partial charge in [0.1, 0.15) is 6.10 Å². The molecule has 0 radical (unpaired) electrons. The highest BCUT2D eigenvalue weighted by molar-refractivity contribution is 6.30. The van der Waals surface area contributed by atoms with Gasteiger partial charge in [0, 0.05) is 5.02 Å². The lowest BCUT2D eigenvalue weighted by atomic mass is 9.87. The SMILES string of the molecule is C[C@@H]1OC2=C(C(=O)[C@@H]1C)[C@H](c1ccc(Cl)cc1)OC2=O. The minimum atomic E-state index is -0.697. The van der Waals surface area contributed by atoms with Crippen LogP contribution in [0, 0.1) is 5.92 Å². The molecular formula is C15H13ClO4. The maximum atomic E-state index is 12.4. The molecule has 104 valence electrons. The quantitative estimate of drug-likeness (QED) is 0.747. The molecule has 2 aliphatic heterocycles. The number of ether oxygens (including phenoxy) is 2. The Morgan fingerprint density at radius 2 is 1.70 bits per heavy atom. The van der Waals surface area contributed by atoms with Gasteiger partial charge in [-0.2, -0.15) is 0 Å². The van der Waals surface area contributed by atoms with Crippen molar-refractivity contribution in [1.29, 1.82) is 0 Å². The van der Waals surface area contributed by atoms with Gasteiger partial charge in [0.05, 0.1) is 11.5 Å². The Labute approximate surface area is 121 Å². The second-order valence-electron chi connectivity index (χ2n) is 5.06. The van der Waals surface area contributed by atoms with Crippen LogP contribution in [-0.2, 0) is 19.1 Å². The maximum Gasteiger partial charge on any atom is 0.375 e. The first-order valence-corrected chi connectivity index (χ1v) is 6.78. The van der Waals surface area contributed by atoms with E-state index in [0.717, 1.165) is 0 Å².